The van der Waals surface area contributed by atoms with Crippen LogP contribution < -0.4 is 5.32 Å². The van der Waals surface area contributed by atoms with Gasteiger partial charge in [-0.3, -0.25) is 4.79 Å². The lowest BCUT2D eigenvalue weighted by atomic mass is 9.89. The summed E-state index contributed by atoms with van der Waals surface area (Å²) in [5.41, 5.74) is 0.996. The number of carbonyl (C=O) groups excluding carboxylic acids is 1. The number of hydrogen-bond donors (Lipinski definition) is 1. The average Bonchev–Trinajstić information content (AvgIpc) is 2.92. The Labute approximate surface area is 127 Å². The van der Waals surface area contributed by atoms with Crippen molar-refractivity contribution in [2.45, 2.75) is 43.7 Å². The Balaban J connectivity index is 2.09. The summed E-state index contributed by atoms with van der Waals surface area (Å²) in [4.78, 5) is 12.2. The van der Waals surface area contributed by atoms with E-state index >= 15 is 0 Å². The first kappa shape index (κ1) is 15.8. The number of thiophene rings is 1. The molecule has 0 spiro atoms. The Bertz CT molecular complexity index is 616. The summed E-state index contributed by atoms with van der Waals surface area (Å²) >= 11 is 0.988. The zero-order valence-corrected chi connectivity index (χ0v) is 13.9. The van der Waals surface area contributed by atoms with E-state index in [2.05, 4.69) is 12.2 Å². The zero-order valence-electron chi connectivity index (χ0n) is 11.5. The first-order valence-corrected chi connectivity index (χ1v) is 9.73. The molecule has 0 unspecified atom stereocenters. The van der Waals surface area contributed by atoms with Crippen molar-refractivity contribution in [3.05, 3.63) is 16.5 Å². The van der Waals surface area contributed by atoms with E-state index in [0.717, 1.165) is 24.2 Å². The fraction of sp³-hybridized carbons (Fsp3) is 0.615. The average molecular weight is 336 g/mol. The van der Waals surface area contributed by atoms with Crippen molar-refractivity contribution in [3.63, 3.8) is 0 Å². The number of carbonyl (C=O) groups is 1. The summed E-state index contributed by atoms with van der Waals surface area (Å²) in [5.74, 6) is -0.224. The molecule has 1 aliphatic carbocycles. The Morgan fingerprint density at radius 2 is 2.05 bits per heavy atom. The lowest BCUT2D eigenvalue weighted by molar-refractivity contribution is 0.0934. The summed E-state index contributed by atoms with van der Waals surface area (Å²) in [6, 6.07) is 0. The van der Waals surface area contributed by atoms with Gasteiger partial charge in [0.25, 0.3) is 15.0 Å². The molecule has 4 nitrogen and oxygen atoms in total. The number of nitrogens with one attached hydrogen (secondary N) is 1. The lowest BCUT2D eigenvalue weighted by Crippen LogP contribution is -2.34. The minimum absolute atomic E-state index is 0.0522. The molecule has 0 radical (unpaired) electrons. The Hall–Kier alpha value is -0.590. The van der Waals surface area contributed by atoms with E-state index < -0.39 is 9.05 Å². The lowest BCUT2D eigenvalue weighted by Gasteiger charge is -2.23. The second-order valence-corrected chi connectivity index (χ2v) is 9.34. The van der Waals surface area contributed by atoms with Gasteiger partial charge in [0, 0.05) is 22.6 Å². The molecule has 1 heterocycles. The molecule has 2 rings (SSSR count). The quantitative estimate of drug-likeness (QED) is 0.859. The van der Waals surface area contributed by atoms with Crippen LogP contribution in [0.15, 0.2) is 9.59 Å². The van der Waals surface area contributed by atoms with Gasteiger partial charge < -0.3 is 5.32 Å². The molecule has 1 aliphatic rings. The first-order valence-electron chi connectivity index (χ1n) is 6.54. The maximum atomic E-state index is 12.2. The molecule has 1 N–H and O–H groups in total. The van der Waals surface area contributed by atoms with Crippen molar-refractivity contribution in [1.29, 1.82) is 0 Å². The van der Waals surface area contributed by atoms with Crippen LogP contribution in [0.1, 0.15) is 48.5 Å². The minimum atomic E-state index is -3.78. The molecule has 0 saturated heterocycles. The van der Waals surface area contributed by atoms with Gasteiger partial charge in [-0.15, -0.1) is 11.3 Å². The highest BCUT2D eigenvalue weighted by molar-refractivity contribution is 8.15. The predicted molar refractivity (Wildman–Crippen MR) is 81.0 cm³/mol. The van der Waals surface area contributed by atoms with Gasteiger partial charge >= 0.3 is 0 Å². The molecule has 112 valence electrons. The highest BCUT2D eigenvalue weighted by Gasteiger charge is 2.29. The van der Waals surface area contributed by atoms with Crippen LogP contribution in [-0.2, 0) is 9.05 Å². The second-order valence-electron chi connectivity index (χ2n) is 5.70. The van der Waals surface area contributed by atoms with Crippen molar-refractivity contribution >= 4 is 37.0 Å². The molecule has 0 bridgehead atoms. The molecule has 20 heavy (non-hydrogen) atoms. The van der Waals surface area contributed by atoms with E-state index in [1.807, 2.05) is 0 Å². The van der Waals surface area contributed by atoms with Crippen LogP contribution >= 0.6 is 22.0 Å². The number of halogens is 1. The third kappa shape index (κ3) is 3.35. The van der Waals surface area contributed by atoms with Crippen LogP contribution in [0.4, 0.5) is 0 Å². The van der Waals surface area contributed by atoms with Gasteiger partial charge in [0.15, 0.2) is 0 Å². The summed E-state index contributed by atoms with van der Waals surface area (Å²) in [6.45, 7) is 4.41. The normalized spacial score (nSPS) is 18.1. The number of hydrogen-bond acceptors (Lipinski definition) is 4. The van der Waals surface area contributed by atoms with E-state index in [1.165, 1.54) is 12.8 Å². The van der Waals surface area contributed by atoms with E-state index in [1.54, 1.807) is 12.3 Å². The fourth-order valence-electron chi connectivity index (χ4n) is 2.66. The molecule has 0 atom stereocenters. The minimum Gasteiger partial charge on any atom is -0.351 e. The highest BCUT2D eigenvalue weighted by Crippen LogP contribution is 2.37. The fourth-order valence-corrected chi connectivity index (χ4v) is 5.21. The molecule has 1 fully saturated rings. The van der Waals surface area contributed by atoms with Crippen molar-refractivity contribution in [1.82, 2.24) is 5.32 Å². The van der Waals surface area contributed by atoms with Gasteiger partial charge in [0.1, 0.15) is 4.21 Å². The van der Waals surface area contributed by atoms with Crippen LogP contribution in [0.2, 0.25) is 0 Å². The molecule has 0 aliphatic heterocycles. The monoisotopic (exact) mass is 335 g/mol. The maximum absolute atomic E-state index is 12.2. The summed E-state index contributed by atoms with van der Waals surface area (Å²) in [6.07, 6.45) is 4.66. The van der Waals surface area contributed by atoms with E-state index in [9.17, 15) is 13.2 Å². The van der Waals surface area contributed by atoms with Gasteiger partial charge in [-0.05, 0) is 30.7 Å². The highest BCUT2D eigenvalue weighted by atomic mass is 35.7. The first-order chi connectivity index (χ1) is 9.23. The molecule has 1 aromatic rings. The van der Waals surface area contributed by atoms with Crippen molar-refractivity contribution in [2.24, 2.45) is 5.41 Å². The SMILES string of the molecule is Cc1c(C(=O)NCC2(C)CCCC2)csc1S(=O)(=O)Cl. The van der Waals surface area contributed by atoms with Crippen molar-refractivity contribution in [2.75, 3.05) is 6.54 Å². The Kier molecular flexibility index (Phi) is 4.47. The number of amides is 1. The summed E-state index contributed by atoms with van der Waals surface area (Å²) < 4.78 is 22.8. The topological polar surface area (TPSA) is 63.2 Å². The molecule has 0 aromatic carbocycles. The van der Waals surface area contributed by atoms with Gasteiger partial charge in [0.2, 0.25) is 0 Å². The standard InChI is InChI=1S/C13H18ClNO3S2/c1-9-10(7-19-12(9)20(14,17)18)11(16)15-8-13(2)5-3-4-6-13/h7H,3-6,8H2,1-2H3,(H,15,16). The molecule has 1 aromatic heterocycles. The largest absolute Gasteiger partial charge is 0.351 e. The van der Waals surface area contributed by atoms with Gasteiger partial charge in [-0.25, -0.2) is 8.42 Å². The second kappa shape index (κ2) is 5.66. The predicted octanol–water partition coefficient (Wildman–Crippen LogP) is 3.29. The smallest absolute Gasteiger partial charge is 0.271 e. The third-order valence-electron chi connectivity index (χ3n) is 3.95. The summed E-state index contributed by atoms with van der Waals surface area (Å²) in [7, 11) is 1.56. The molecule has 7 heteroatoms. The van der Waals surface area contributed by atoms with E-state index in [0.29, 0.717) is 17.7 Å². The van der Waals surface area contributed by atoms with Crippen molar-refractivity contribution < 1.29 is 13.2 Å². The number of rotatable bonds is 4. The van der Waals surface area contributed by atoms with E-state index in [4.69, 9.17) is 10.7 Å². The van der Waals surface area contributed by atoms with Crippen LogP contribution in [-0.4, -0.2) is 20.9 Å². The molecular formula is C13H18ClNO3S2. The van der Waals surface area contributed by atoms with Crippen molar-refractivity contribution in [3.8, 4) is 0 Å². The van der Waals surface area contributed by atoms with E-state index in [-0.39, 0.29) is 15.5 Å². The third-order valence-corrected chi connectivity index (χ3v) is 7.25. The van der Waals surface area contributed by atoms with Gasteiger partial charge in [-0.2, -0.15) is 0 Å². The Morgan fingerprint density at radius 1 is 1.45 bits per heavy atom. The van der Waals surface area contributed by atoms with Gasteiger partial charge in [-0.1, -0.05) is 19.8 Å². The summed E-state index contributed by atoms with van der Waals surface area (Å²) in [5, 5.41) is 4.47. The Morgan fingerprint density at radius 3 is 2.55 bits per heavy atom. The molecule has 1 amide bonds. The zero-order chi connectivity index (χ0) is 15.0. The van der Waals surface area contributed by atoms with Crippen LogP contribution in [0, 0.1) is 12.3 Å². The molecule has 1 saturated carbocycles. The van der Waals surface area contributed by atoms with Crippen LogP contribution in [0.3, 0.4) is 0 Å². The van der Waals surface area contributed by atoms with Gasteiger partial charge in [0.05, 0.1) is 5.56 Å². The maximum Gasteiger partial charge on any atom is 0.271 e. The van der Waals surface area contributed by atoms with Crippen LogP contribution in [0.25, 0.3) is 0 Å². The molecular weight excluding hydrogens is 318 g/mol. The van der Waals surface area contributed by atoms with Crippen LogP contribution in [0.5, 0.6) is 0 Å².